The van der Waals surface area contributed by atoms with Gasteiger partial charge in [-0.15, -0.1) is 0 Å². The summed E-state index contributed by atoms with van der Waals surface area (Å²) in [4.78, 5) is 29.0. The van der Waals surface area contributed by atoms with Crippen molar-refractivity contribution in [3.05, 3.63) is 41.6 Å². The van der Waals surface area contributed by atoms with Crippen LogP contribution in [-0.4, -0.2) is 45.5 Å². The smallest absolute Gasteiger partial charge is 0.255 e. The van der Waals surface area contributed by atoms with E-state index in [4.69, 9.17) is 5.73 Å². The van der Waals surface area contributed by atoms with Crippen molar-refractivity contribution in [3.63, 3.8) is 0 Å². The molecule has 132 valence electrons. The molecule has 0 bridgehead atoms. The van der Waals surface area contributed by atoms with Gasteiger partial charge in [0.2, 0.25) is 5.91 Å². The molecule has 1 aliphatic rings. The van der Waals surface area contributed by atoms with Gasteiger partial charge in [0.05, 0.1) is 24.1 Å². The Balaban J connectivity index is 1.89. The van der Waals surface area contributed by atoms with E-state index < -0.39 is 29.0 Å². The molecule has 1 fully saturated rings. The van der Waals surface area contributed by atoms with E-state index in [1.54, 1.807) is 0 Å². The molecule has 1 aromatic heterocycles. The summed E-state index contributed by atoms with van der Waals surface area (Å²) in [6, 6.07) is 3.19. The highest BCUT2D eigenvalue weighted by molar-refractivity contribution is 5.97. The number of likely N-dealkylation sites (tertiary alicyclic amines) is 1. The predicted molar refractivity (Wildman–Crippen MR) is 85.6 cm³/mol. The Kier molecular flexibility index (Phi) is 4.38. The monoisotopic (exact) mass is 349 g/mol. The third-order valence-corrected chi connectivity index (χ3v) is 4.34. The highest BCUT2D eigenvalue weighted by Crippen LogP contribution is 2.26. The average molecular weight is 349 g/mol. The number of nitrogens with two attached hydrogens (primary N) is 1. The third kappa shape index (κ3) is 3.43. The van der Waals surface area contributed by atoms with E-state index in [2.05, 4.69) is 4.98 Å². The summed E-state index contributed by atoms with van der Waals surface area (Å²) in [6.45, 7) is 0.321. The van der Waals surface area contributed by atoms with Crippen molar-refractivity contribution < 1.29 is 23.5 Å². The first-order valence-electron chi connectivity index (χ1n) is 7.83. The normalized spacial score (nSPS) is 20.7. The lowest BCUT2D eigenvalue weighted by molar-refractivity contribution is -0.125. The van der Waals surface area contributed by atoms with Crippen molar-refractivity contribution in [1.82, 2.24) is 9.88 Å². The number of carbonyl (C=O) groups is 2. The van der Waals surface area contributed by atoms with Crippen LogP contribution in [0.3, 0.4) is 0 Å². The Bertz CT molecular complexity index is 858. The van der Waals surface area contributed by atoms with Gasteiger partial charge in [-0.2, -0.15) is 0 Å². The Labute approximate surface area is 142 Å². The second-order valence-corrected chi connectivity index (χ2v) is 6.35. The lowest BCUT2D eigenvalue weighted by atomic mass is 9.89. The van der Waals surface area contributed by atoms with E-state index in [0.717, 1.165) is 12.1 Å². The molecule has 0 radical (unpaired) electrons. The number of hydrogen-bond donors (Lipinski definition) is 2. The zero-order chi connectivity index (χ0) is 18.2. The van der Waals surface area contributed by atoms with Crippen molar-refractivity contribution in [2.45, 2.75) is 24.9 Å². The molecule has 1 aliphatic heterocycles. The van der Waals surface area contributed by atoms with Crippen molar-refractivity contribution >= 4 is 22.7 Å². The Morgan fingerprint density at radius 2 is 2.04 bits per heavy atom. The first-order valence-corrected chi connectivity index (χ1v) is 7.83. The van der Waals surface area contributed by atoms with Gasteiger partial charge in [0.15, 0.2) is 0 Å². The first kappa shape index (κ1) is 17.2. The maximum atomic E-state index is 13.9. The van der Waals surface area contributed by atoms with Crippen LogP contribution in [0.1, 0.15) is 29.6 Å². The predicted octanol–water partition coefficient (Wildman–Crippen LogP) is 1.36. The molecule has 2 aromatic rings. The van der Waals surface area contributed by atoms with Gasteiger partial charge in [-0.05, 0) is 31.0 Å². The van der Waals surface area contributed by atoms with Crippen molar-refractivity contribution in [1.29, 1.82) is 0 Å². The minimum absolute atomic E-state index is 0.0571. The minimum Gasteiger partial charge on any atom is -0.388 e. The summed E-state index contributed by atoms with van der Waals surface area (Å²) >= 11 is 0. The number of aliphatic hydroxyl groups is 1. The van der Waals surface area contributed by atoms with Crippen LogP contribution in [0.4, 0.5) is 8.78 Å². The second kappa shape index (κ2) is 6.36. The Hall–Kier alpha value is -2.61. The number of benzene rings is 1. The van der Waals surface area contributed by atoms with Crippen LogP contribution in [0.2, 0.25) is 0 Å². The standard InChI is InChI=1S/C17H17F2N3O3/c18-12-2-3-13(19)15-11(12)6-10(8-21-15)16(24)22-5-1-4-17(25,9-22)7-14(20)23/h2-3,6,8,25H,1,4-5,7,9H2,(H2,20,23). The summed E-state index contributed by atoms with van der Waals surface area (Å²) < 4.78 is 27.6. The number of fused-ring (bicyclic) bond motifs is 1. The molecule has 1 unspecified atom stereocenters. The van der Waals surface area contributed by atoms with Gasteiger partial charge in [-0.25, -0.2) is 8.78 Å². The number of primary amides is 1. The van der Waals surface area contributed by atoms with E-state index in [1.165, 1.54) is 17.2 Å². The maximum Gasteiger partial charge on any atom is 0.255 e. The SMILES string of the molecule is NC(=O)CC1(O)CCCN(C(=O)c2cnc3c(F)ccc(F)c3c2)C1. The quantitative estimate of drug-likeness (QED) is 0.874. The summed E-state index contributed by atoms with van der Waals surface area (Å²) in [5.74, 6) is -2.48. The molecule has 0 spiro atoms. The van der Waals surface area contributed by atoms with Crippen molar-refractivity contribution in [3.8, 4) is 0 Å². The zero-order valence-corrected chi connectivity index (χ0v) is 13.3. The van der Waals surface area contributed by atoms with E-state index in [1.807, 2.05) is 0 Å². The molecule has 2 amide bonds. The third-order valence-electron chi connectivity index (χ3n) is 4.34. The van der Waals surface area contributed by atoms with Crippen LogP contribution >= 0.6 is 0 Å². The molecule has 25 heavy (non-hydrogen) atoms. The lowest BCUT2D eigenvalue weighted by Gasteiger charge is -2.38. The van der Waals surface area contributed by atoms with Crippen LogP contribution < -0.4 is 5.73 Å². The van der Waals surface area contributed by atoms with Crippen LogP contribution in [0.15, 0.2) is 24.4 Å². The number of halogens is 2. The first-order chi connectivity index (χ1) is 11.8. The van der Waals surface area contributed by atoms with Gasteiger partial charge in [0, 0.05) is 18.1 Å². The number of carbonyl (C=O) groups excluding carboxylic acids is 2. The van der Waals surface area contributed by atoms with E-state index in [-0.39, 0.29) is 29.4 Å². The Morgan fingerprint density at radius 3 is 2.76 bits per heavy atom. The molecule has 6 nitrogen and oxygen atoms in total. The molecule has 0 saturated carbocycles. The number of nitrogens with zero attached hydrogens (tertiary/aromatic N) is 2. The van der Waals surface area contributed by atoms with Crippen molar-refractivity contribution in [2.24, 2.45) is 5.73 Å². The number of amides is 2. The molecule has 8 heteroatoms. The number of pyridine rings is 1. The highest BCUT2D eigenvalue weighted by Gasteiger charge is 2.36. The summed E-state index contributed by atoms with van der Waals surface area (Å²) in [6.07, 6.45) is 1.79. The molecule has 0 aliphatic carbocycles. The van der Waals surface area contributed by atoms with Crippen LogP contribution in [0.5, 0.6) is 0 Å². The summed E-state index contributed by atoms with van der Waals surface area (Å²) in [5, 5.41) is 10.4. The van der Waals surface area contributed by atoms with Crippen LogP contribution in [-0.2, 0) is 4.79 Å². The fourth-order valence-corrected chi connectivity index (χ4v) is 3.21. The molecule has 1 saturated heterocycles. The maximum absolute atomic E-state index is 13.9. The van der Waals surface area contributed by atoms with Gasteiger partial charge in [-0.3, -0.25) is 14.6 Å². The fourth-order valence-electron chi connectivity index (χ4n) is 3.21. The van der Waals surface area contributed by atoms with E-state index in [9.17, 15) is 23.5 Å². The van der Waals surface area contributed by atoms with Crippen LogP contribution in [0.25, 0.3) is 10.9 Å². The van der Waals surface area contributed by atoms with Crippen LogP contribution in [0, 0.1) is 11.6 Å². The molecule has 3 rings (SSSR count). The number of hydrogen-bond acceptors (Lipinski definition) is 4. The molecular formula is C17H17F2N3O3. The number of aromatic nitrogens is 1. The molecule has 1 atom stereocenters. The van der Waals surface area contributed by atoms with Gasteiger partial charge >= 0.3 is 0 Å². The summed E-state index contributed by atoms with van der Waals surface area (Å²) in [7, 11) is 0. The second-order valence-electron chi connectivity index (χ2n) is 6.35. The molecule has 3 N–H and O–H groups in total. The highest BCUT2D eigenvalue weighted by atomic mass is 19.1. The number of rotatable bonds is 3. The van der Waals surface area contributed by atoms with Gasteiger partial charge in [0.1, 0.15) is 17.2 Å². The largest absolute Gasteiger partial charge is 0.388 e. The number of piperidine rings is 1. The van der Waals surface area contributed by atoms with Gasteiger partial charge < -0.3 is 15.7 Å². The van der Waals surface area contributed by atoms with Crippen molar-refractivity contribution in [2.75, 3.05) is 13.1 Å². The van der Waals surface area contributed by atoms with Gasteiger partial charge in [-0.1, -0.05) is 0 Å². The molecular weight excluding hydrogens is 332 g/mol. The van der Waals surface area contributed by atoms with E-state index in [0.29, 0.717) is 19.4 Å². The number of β-amino-alcohol motifs (C(OH)–C–C–N with tert-alkyl or cyclic N) is 1. The Morgan fingerprint density at radius 1 is 1.32 bits per heavy atom. The summed E-state index contributed by atoms with van der Waals surface area (Å²) in [5.41, 5.74) is 3.70. The average Bonchev–Trinajstić information content (AvgIpc) is 2.56. The zero-order valence-electron chi connectivity index (χ0n) is 13.3. The topological polar surface area (TPSA) is 96.5 Å². The minimum atomic E-state index is -1.37. The molecule has 2 heterocycles. The molecule has 1 aromatic carbocycles. The van der Waals surface area contributed by atoms with Gasteiger partial charge in [0.25, 0.3) is 5.91 Å². The fraction of sp³-hybridized carbons (Fsp3) is 0.353. The lowest BCUT2D eigenvalue weighted by Crippen LogP contribution is -2.51. The van der Waals surface area contributed by atoms with E-state index >= 15 is 0 Å².